The number of hydrogen-bond acceptors (Lipinski definition) is 4. The fourth-order valence-electron chi connectivity index (χ4n) is 7.01. The van der Waals surface area contributed by atoms with Crippen LogP contribution < -0.4 is 0 Å². The van der Waals surface area contributed by atoms with Crippen LogP contribution in [0.2, 0.25) is 0 Å². The summed E-state index contributed by atoms with van der Waals surface area (Å²) in [5.41, 5.74) is 9.94. The molecule has 6 aromatic carbocycles. The van der Waals surface area contributed by atoms with Gasteiger partial charge in [-0.3, -0.25) is 4.98 Å². The maximum absolute atomic E-state index is 5.35. The molecule has 9 rings (SSSR count). The van der Waals surface area contributed by atoms with Crippen molar-refractivity contribution in [3.63, 3.8) is 0 Å². The summed E-state index contributed by atoms with van der Waals surface area (Å²) in [6.07, 6.45) is 9.90. The number of thiophene rings is 1. The fourth-order valence-corrected chi connectivity index (χ4v) is 8.16. The molecule has 246 valence electrons. The van der Waals surface area contributed by atoms with Crippen molar-refractivity contribution in [1.29, 1.82) is 0 Å². The molecule has 0 unspecified atom stereocenters. The predicted molar refractivity (Wildman–Crippen MR) is 222 cm³/mol. The second-order valence-corrected chi connectivity index (χ2v) is 13.9. The van der Waals surface area contributed by atoms with E-state index in [1.807, 2.05) is 49.6 Å². The molecule has 0 bridgehead atoms. The Labute approximate surface area is 306 Å². The Balaban J connectivity index is 1.29. The topological polar surface area (TPSA) is 38.7 Å². The lowest BCUT2D eigenvalue weighted by molar-refractivity contribution is 1.24. The molecule has 9 aromatic rings. The highest BCUT2D eigenvalue weighted by molar-refractivity contribution is 7.26. The number of rotatable bonds is 7. The van der Waals surface area contributed by atoms with E-state index in [9.17, 15) is 0 Å². The van der Waals surface area contributed by atoms with E-state index < -0.39 is 0 Å². The smallest absolute Gasteiger partial charge is 0.160 e. The number of hydrogen-bond donors (Lipinski definition) is 0. The van der Waals surface area contributed by atoms with E-state index in [0.29, 0.717) is 5.82 Å². The van der Waals surface area contributed by atoms with Gasteiger partial charge in [0.05, 0.1) is 21.6 Å². The zero-order valence-corrected chi connectivity index (χ0v) is 29.4. The molecule has 52 heavy (non-hydrogen) atoms. The van der Waals surface area contributed by atoms with E-state index in [-0.39, 0.29) is 0 Å². The van der Waals surface area contributed by atoms with E-state index in [1.165, 1.54) is 26.2 Å². The third-order valence-electron chi connectivity index (χ3n) is 9.56. The number of pyridine rings is 1. The van der Waals surface area contributed by atoms with Crippen LogP contribution in [0.3, 0.4) is 0 Å². The average molecular weight is 684 g/mol. The minimum absolute atomic E-state index is 0.690. The SMILES string of the molecule is C=C(/C=C\C=C/C)c1ccc(-c2cc(-c3nc(-c4ccccc4)c4sc5ccccc5c4n3)cc(-c3cc4ccccc4c4ccccc34)c2)cn1. The first-order chi connectivity index (χ1) is 25.6. The molecule has 0 N–H and O–H groups in total. The summed E-state index contributed by atoms with van der Waals surface area (Å²) in [5.74, 6) is 0.690. The molecule has 0 aliphatic carbocycles. The molecular weight excluding hydrogens is 651 g/mol. The van der Waals surface area contributed by atoms with Gasteiger partial charge < -0.3 is 0 Å². The first-order valence-corrected chi connectivity index (χ1v) is 18.2. The van der Waals surface area contributed by atoms with Crippen molar-refractivity contribution in [2.75, 3.05) is 0 Å². The molecule has 3 aromatic heterocycles. The van der Waals surface area contributed by atoms with Crippen LogP contribution in [-0.4, -0.2) is 15.0 Å². The lowest BCUT2D eigenvalue weighted by Crippen LogP contribution is -1.95. The highest BCUT2D eigenvalue weighted by Crippen LogP contribution is 2.42. The summed E-state index contributed by atoms with van der Waals surface area (Å²) in [5, 5.41) is 6.02. The highest BCUT2D eigenvalue weighted by Gasteiger charge is 2.19. The first kappa shape index (κ1) is 31.5. The minimum Gasteiger partial charge on any atom is -0.256 e. The van der Waals surface area contributed by atoms with Gasteiger partial charge in [-0.2, -0.15) is 0 Å². The molecule has 0 amide bonds. The van der Waals surface area contributed by atoms with Crippen LogP contribution in [0, 0.1) is 0 Å². The molecular formula is C48H33N3S. The Morgan fingerprint density at radius 1 is 0.596 bits per heavy atom. The van der Waals surface area contributed by atoms with Crippen LogP contribution in [0.25, 0.3) is 92.3 Å². The van der Waals surface area contributed by atoms with Crippen molar-refractivity contribution in [1.82, 2.24) is 15.0 Å². The van der Waals surface area contributed by atoms with Gasteiger partial charge in [-0.15, -0.1) is 11.3 Å². The van der Waals surface area contributed by atoms with Crippen LogP contribution in [0.4, 0.5) is 0 Å². The Morgan fingerprint density at radius 3 is 2.12 bits per heavy atom. The van der Waals surface area contributed by atoms with E-state index in [0.717, 1.165) is 65.9 Å². The van der Waals surface area contributed by atoms with Crippen LogP contribution in [0.15, 0.2) is 177 Å². The molecule has 0 saturated carbocycles. The van der Waals surface area contributed by atoms with Gasteiger partial charge >= 0.3 is 0 Å². The van der Waals surface area contributed by atoms with Gasteiger partial charge in [0, 0.05) is 33.0 Å². The quantitative estimate of drug-likeness (QED) is 0.124. The van der Waals surface area contributed by atoms with E-state index >= 15 is 0 Å². The van der Waals surface area contributed by atoms with Gasteiger partial charge in [0.25, 0.3) is 0 Å². The Bertz CT molecular complexity index is 2860. The Hall–Kier alpha value is -6.49. The van der Waals surface area contributed by atoms with Crippen LogP contribution >= 0.6 is 11.3 Å². The van der Waals surface area contributed by atoms with Gasteiger partial charge in [-0.05, 0) is 87.1 Å². The van der Waals surface area contributed by atoms with Gasteiger partial charge in [0.15, 0.2) is 5.82 Å². The zero-order valence-electron chi connectivity index (χ0n) is 28.6. The molecule has 0 aliphatic heterocycles. The third-order valence-corrected chi connectivity index (χ3v) is 10.7. The third kappa shape index (κ3) is 5.69. The van der Waals surface area contributed by atoms with Crippen LogP contribution in [0.1, 0.15) is 12.6 Å². The summed E-state index contributed by atoms with van der Waals surface area (Å²) in [6.45, 7) is 6.23. The zero-order chi connectivity index (χ0) is 35.0. The number of allylic oxidation sites excluding steroid dienone is 5. The van der Waals surface area contributed by atoms with Gasteiger partial charge in [-0.1, -0.05) is 134 Å². The van der Waals surface area contributed by atoms with Crippen molar-refractivity contribution in [2.24, 2.45) is 0 Å². The molecule has 3 heterocycles. The monoisotopic (exact) mass is 683 g/mol. The molecule has 0 radical (unpaired) electrons. The predicted octanol–water partition coefficient (Wildman–Crippen LogP) is 13.4. The number of benzene rings is 6. The number of aromatic nitrogens is 3. The van der Waals surface area contributed by atoms with E-state index in [1.54, 1.807) is 11.3 Å². The Kier molecular flexibility index (Phi) is 8.07. The summed E-state index contributed by atoms with van der Waals surface area (Å²) in [6, 6.07) is 49.5. The summed E-state index contributed by atoms with van der Waals surface area (Å²) in [4.78, 5) is 15.5. The van der Waals surface area contributed by atoms with E-state index in [4.69, 9.17) is 15.0 Å². The second kappa shape index (κ2) is 13.3. The van der Waals surface area contributed by atoms with Crippen molar-refractivity contribution < 1.29 is 0 Å². The van der Waals surface area contributed by atoms with E-state index in [2.05, 4.69) is 134 Å². The standard InChI is InChI=1S/C48H33N3S/c1-3-4-6-15-31(2)43-25-24-34(30-49-43)35-26-36(42-29-33-18-9-10-19-38(33)39-20-11-12-21-40(39)42)28-37(27-35)48-50-45(32-16-7-5-8-17-32)47-46(51-48)41-22-13-14-23-44(41)52-47/h3-30H,2H2,1H3/b4-3-,15-6-. The van der Waals surface area contributed by atoms with Gasteiger partial charge in [0.2, 0.25) is 0 Å². The average Bonchev–Trinajstić information content (AvgIpc) is 3.59. The fraction of sp³-hybridized carbons (Fsp3) is 0.0208. The lowest BCUT2D eigenvalue weighted by Gasteiger charge is -2.15. The highest BCUT2D eigenvalue weighted by atomic mass is 32.1. The molecule has 0 fully saturated rings. The van der Waals surface area contributed by atoms with Gasteiger partial charge in [-0.25, -0.2) is 9.97 Å². The first-order valence-electron chi connectivity index (χ1n) is 17.4. The molecule has 0 atom stereocenters. The largest absolute Gasteiger partial charge is 0.256 e. The summed E-state index contributed by atoms with van der Waals surface area (Å²) >= 11 is 1.75. The molecule has 3 nitrogen and oxygen atoms in total. The van der Waals surface area contributed by atoms with Crippen molar-refractivity contribution >= 4 is 58.8 Å². The Morgan fingerprint density at radius 2 is 1.31 bits per heavy atom. The molecule has 0 aliphatic rings. The lowest BCUT2D eigenvalue weighted by atomic mass is 9.90. The second-order valence-electron chi connectivity index (χ2n) is 12.9. The summed E-state index contributed by atoms with van der Waals surface area (Å²) in [7, 11) is 0. The van der Waals surface area contributed by atoms with Crippen LogP contribution in [0.5, 0.6) is 0 Å². The van der Waals surface area contributed by atoms with Crippen molar-refractivity contribution in [2.45, 2.75) is 6.92 Å². The maximum Gasteiger partial charge on any atom is 0.160 e. The van der Waals surface area contributed by atoms with Crippen molar-refractivity contribution in [3.05, 3.63) is 182 Å². The van der Waals surface area contributed by atoms with Gasteiger partial charge in [0.1, 0.15) is 0 Å². The molecule has 0 spiro atoms. The molecule has 0 saturated heterocycles. The number of nitrogens with zero attached hydrogens (tertiary/aromatic N) is 3. The minimum atomic E-state index is 0.690. The maximum atomic E-state index is 5.35. The number of fused-ring (bicyclic) bond motifs is 6. The molecule has 4 heteroatoms. The normalized spacial score (nSPS) is 11.9. The van der Waals surface area contributed by atoms with Crippen LogP contribution in [-0.2, 0) is 0 Å². The summed E-state index contributed by atoms with van der Waals surface area (Å²) < 4.78 is 2.29. The van der Waals surface area contributed by atoms with Crippen molar-refractivity contribution in [3.8, 4) is 44.9 Å².